The molecule has 1 aromatic heterocycles. The summed E-state index contributed by atoms with van der Waals surface area (Å²) in [5, 5.41) is 7.49. The summed E-state index contributed by atoms with van der Waals surface area (Å²) in [6.45, 7) is 5.59. The van der Waals surface area contributed by atoms with Gasteiger partial charge < -0.3 is 15.5 Å². The Bertz CT molecular complexity index is 695. The standard InChI is InChI=1S/C23H32N4/c1-2-6-19(7-3-1)18-26-21-11-15-27(16-12-21)17-14-24-22-10-4-8-20-9-5-13-25-23(20)22/h1-3,5-7,9,13,21-22,24,26H,4,8,10-12,14-18H2. The van der Waals surface area contributed by atoms with Crippen LogP contribution in [0.1, 0.15) is 48.5 Å². The van der Waals surface area contributed by atoms with Gasteiger partial charge in [-0.05, 0) is 62.4 Å². The smallest absolute Gasteiger partial charge is 0.0605 e. The summed E-state index contributed by atoms with van der Waals surface area (Å²) in [7, 11) is 0. The van der Waals surface area contributed by atoms with Gasteiger partial charge in [-0.1, -0.05) is 36.4 Å². The molecule has 0 saturated carbocycles. The topological polar surface area (TPSA) is 40.2 Å². The summed E-state index contributed by atoms with van der Waals surface area (Å²) in [5.74, 6) is 0. The van der Waals surface area contributed by atoms with E-state index in [4.69, 9.17) is 0 Å². The van der Waals surface area contributed by atoms with E-state index in [1.807, 2.05) is 6.20 Å². The van der Waals surface area contributed by atoms with E-state index in [9.17, 15) is 0 Å². The fourth-order valence-electron chi connectivity index (χ4n) is 4.42. The summed E-state index contributed by atoms with van der Waals surface area (Å²) < 4.78 is 0. The number of piperidine rings is 1. The SMILES string of the molecule is c1ccc(CNC2CCN(CCNC3CCCc4cccnc43)CC2)cc1. The molecular formula is C23H32N4. The van der Waals surface area contributed by atoms with Crippen LogP contribution in [-0.4, -0.2) is 42.1 Å². The highest BCUT2D eigenvalue weighted by atomic mass is 15.2. The second-order valence-electron chi connectivity index (χ2n) is 7.93. The molecular weight excluding hydrogens is 332 g/mol. The lowest BCUT2D eigenvalue weighted by molar-refractivity contribution is 0.195. The number of nitrogens with zero attached hydrogens (tertiary/aromatic N) is 2. The van der Waals surface area contributed by atoms with Crippen LogP contribution in [0.25, 0.3) is 0 Å². The van der Waals surface area contributed by atoms with Gasteiger partial charge in [0, 0.05) is 37.9 Å². The molecule has 2 aromatic rings. The highest BCUT2D eigenvalue weighted by molar-refractivity contribution is 5.25. The number of aromatic nitrogens is 1. The predicted octanol–water partition coefficient (Wildman–Crippen LogP) is 3.30. The van der Waals surface area contributed by atoms with Crippen molar-refractivity contribution in [2.24, 2.45) is 0 Å². The van der Waals surface area contributed by atoms with Gasteiger partial charge in [0.25, 0.3) is 0 Å². The summed E-state index contributed by atoms with van der Waals surface area (Å²) >= 11 is 0. The normalized spacial score (nSPS) is 21.1. The fourth-order valence-corrected chi connectivity index (χ4v) is 4.42. The maximum Gasteiger partial charge on any atom is 0.0605 e. The highest BCUT2D eigenvalue weighted by Gasteiger charge is 2.22. The zero-order chi connectivity index (χ0) is 18.3. The number of fused-ring (bicyclic) bond motifs is 1. The van der Waals surface area contributed by atoms with Gasteiger partial charge in [0.15, 0.2) is 0 Å². The van der Waals surface area contributed by atoms with Crippen LogP contribution in [0.15, 0.2) is 48.7 Å². The summed E-state index contributed by atoms with van der Waals surface area (Å²) in [6, 6.07) is 16.1. The number of likely N-dealkylation sites (tertiary alicyclic amines) is 1. The number of rotatable bonds is 7. The molecule has 2 N–H and O–H groups in total. The molecule has 1 aliphatic heterocycles. The van der Waals surface area contributed by atoms with Gasteiger partial charge in [-0.2, -0.15) is 0 Å². The van der Waals surface area contributed by atoms with Gasteiger partial charge >= 0.3 is 0 Å². The van der Waals surface area contributed by atoms with E-state index in [1.165, 1.54) is 62.0 Å². The van der Waals surface area contributed by atoms with Gasteiger partial charge in [-0.3, -0.25) is 4.98 Å². The van der Waals surface area contributed by atoms with Gasteiger partial charge in [0.2, 0.25) is 0 Å². The van der Waals surface area contributed by atoms with Crippen molar-refractivity contribution in [3.05, 3.63) is 65.5 Å². The van der Waals surface area contributed by atoms with E-state index in [2.05, 4.69) is 63.0 Å². The Labute approximate surface area is 163 Å². The van der Waals surface area contributed by atoms with Gasteiger partial charge in [0.05, 0.1) is 5.69 Å². The van der Waals surface area contributed by atoms with E-state index in [-0.39, 0.29) is 0 Å². The van der Waals surface area contributed by atoms with Crippen LogP contribution in [0.4, 0.5) is 0 Å². The Morgan fingerprint density at radius 1 is 0.963 bits per heavy atom. The Balaban J connectivity index is 1.15. The van der Waals surface area contributed by atoms with Crippen molar-refractivity contribution in [3.8, 4) is 0 Å². The van der Waals surface area contributed by atoms with Crippen LogP contribution in [-0.2, 0) is 13.0 Å². The van der Waals surface area contributed by atoms with Crippen LogP contribution < -0.4 is 10.6 Å². The Hall–Kier alpha value is -1.75. The Morgan fingerprint density at radius 3 is 2.67 bits per heavy atom. The van der Waals surface area contributed by atoms with Crippen molar-refractivity contribution in [1.29, 1.82) is 0 Å². The van der Waals surface area contributed by atoms with Crippen molar-refractivity contribution in [2.45, 2.75) is 50.7 Å². The summed E-state index contributed by atoms with van der Waals surface area (Å²) in [6.07, 6.45) is 8.11. The van der Waals surface area contributed by atoms with E-state index in [0.717, 1.165) is 19.6 Å². The molecule has 1 aromatic carbocycles. The lowest BCUT2D eigenvalue weighted by Gasteiger charge is -2.33. The minimum absolute atomic E-state index is 0.444. The molecule has 0 amide bonds. The minimum Gasteiger partial charge on any atom is -0.310 e. The quantitative estimate of drug-likeness (QED) is 0.791. The van der Waals surface area contributed by atoms with Gasteiger partial charge in [0.1, 0.15) is 0 Å². The van der Waals surface area contributed by atoms with Crippen molar-refractivity contribution >= 4 is 0 Å². The molecule has 4 heteroatoms. The predicted molar refractivity (Wildman–Crippen MR) is 111 cm³/mol. The van der Waals surface area contributed by atoms with E-state index >= 15 is 0 Å². The van der Waals surface area contributed by atoms with Crippen LogP contribution in [0, 0.1) is 0 Å². The summed E-state index contributed by atoms with van der Waals surface area (Å²) in [5.41, 5.74) is 4.10. The number of hydrogen-bond acceptors (Lipinski definition) is 4. The average molecular weight is 365 g/mol. The van der Waals surface area contributed by atoms with E-state index < -0.39 is 0 Å². The van der Waals surface area contributed by atoms with E-state index in [1.54, 1.807) is 0 Å². The molecule has 2 heterocycles. The number of pyridine rings is 1. The lowest BCUT2D eigenvalue weighted by Crippen LogP contribution is -2.44. The molecule has 0 spiro atoms. The molecule has 1 aliphatic carbocycles. The molecule has 27 heavy (non-hydrogen) atoms. The number of benzene rings is 1. The highest BCUT2D eigenvalue weighted by Crippen LogP contribution is 2.27. The third-order valence-electron chi connectivity index (χ3n) is 6.04. The summed E-state index contributed by atoms with van der Waals surface area (Å²) in [4.78, 5) is 7.24. The zero-order valence-electron chi connectivity index (χ0n) is 16.2. The molecule has 2 aliphatic rings. The maximum atomic E-state index is 4.64. The second-order valence-corrected chi connectivity index (χ2v) is 7.93. The molecule has 4 rings (SSSR count). The fraction of sp³-hybridized carbons (Fsp3) is 0.522. The molecule has 1 saturated heterocycles. The maximum absolute atomic E-state index is 4.64. The molecule has 1 atom stereocenters. The van der Waals surface area contributed by atoms with Crippen LogP contribution in [0.5, 0.6) is 0 Å². The number of aryl methyl sites for hydroxylation is 1. The third-order valence-corrected chi connectivity index (χ3v) is 6.04. The lowest BCUT2D eigenvalue weighted by atomic mass is 9.92. The zero-order valence-corrected chi connectivity index (χ0v) is 16.2. The molecule has 0 radical (unpaired) electrons. The van der Waals surface area contributed by atoms with Crippen LogP contribution in [0.3, 0.4) is 0 Å². The van der Waals surface area contributed by atoms with E-state index in [0.29, 0.717) is 12.1 Å². The number of hydrogen-bond donors (Lipinski definition) is 2. The van der Waals surface area contributed by atoms with Gasteiger partial charge in [-0.25, -0.2) is 0 Å². The van der Waals surface area contributed by atoms with Crippen LogP contribution >= 0.6 is 0 Å². The first kappa shape index (κ1) is 18.6. The van der Waals surface area contributed by atoms with Crippen molar-refractivity contribution in [3.63, 3.8) is 0 Å². The molecule has 0 bridgehead atoms. The first-order chi connectivity index (χ1) is 13.4. The number of nitrogens with one attached hydrogen (secondary N) is 2. The molecule has 1 fully saturated rings. The first-order valence-corrected chi connectivity index (χ1v) is 10.6. The second kappa shape index (κ2) is 9.45. The Kier molecular flexibility index (Phi) is 6.51. The average Bonchev–Trinajstić information content (AvgIpc) is 2.74. The van der Waals surface area contributed by atoms with Gasteiger partial charge in [-0.15, -0.1) is 0 Å². The monoisotopic (exact) mass is 364 g/mol. The van der Waals surface area contributed by atoms with Crippen LogP contribution in [0.2, 0.25) is 0 Å². The largest absolute Gasteiger partial charge is 0.310 e. The molecule has 144 valence electrons. The Morgan fingerprint density at radius 2 is 1.81 bits per heavy atom. The first-order valence-electron chi connectivity index (χ1n) is 10.6. The van der Waals surface area contributed by atoms with Crippen molar-refractivity contribution in [1.82, 2.24) is 20.5 Å². The van der Waals surface area contributed by atoms with Crippen molar-refractivity contribution < 1.29 is 0 Å². The minimum atomic E-state index is 0.444. The van der Waals surface area contributed by atoms with Crippen molar-refractivity contribution in [2.75, 3.05) is 26.2 Å². The third kappa shape index (κ3) is 5.16. The molecule has 4 nitrogen and oxygen atoms in total. The molecule has 1 unspecified atom stereocenters.